The van der Waals surface area contributed by atoms with Gasteiger partial charge >= 0.3 is 0 Å². The molecule has 2 saturated heterocycles. The van der Waals surface area contributed by atoms with Gasteiger partial charge in [0, 0.05) is 31.2 Å². The number of benzene rings is 1. The van der Waals surface area contributed by atoms with Crippen molar-refractivity contribution in [1.29, 1.82) is 0 Å². The predicted octanol–water partition coefficient (Wildman–Crippen LogP) is 2.91. The first kappa shape index (κ1) is 17.3. The fourth-order valence-electron chi connectivity index (χ4n) is 4.45. The van der Waals surface area contributed by atoms with Crippen molar-refractivity contribution in [2.45, 2.75) is 38.0 Å². The van der Waals surface area contributed by atoms with Gasteiger partial charge < -0.3 is 4.90 Å². The van der Waals surface area contributed by atoms with E-state index in [0.717, 1.165) is 45.4 Å². The molecular weight excluding hydrogens is 324 g/mol. The number of nitrogens with one attached hydrogen (secondary N) is 1. The molecule has 0 unspecified atom stereocenters. The molecule has 1 N–H and O–H groups in total. The molecule has 138 valence electrons. The van der Waals surface area contributed by atoms with Crippen LogP contribution in [0.25, 0.3) is 0 Å². The highest BCUT2D eigenvalue weighted by Crippen LogP contribution is 2.29. The Morgan fingerprint density at radius 3 is 2.54 bits per heavy atom. The summed E-state index contributed by atoms with van der Waals surface area (Å²) in [7, 11) is 0. The van der Waals surface area contributed by atoms with Crippen LogP contribution in [-0.2, 0) is 4.79 Å². The second-order valence-corrected chi connectivity index (χ2v) is 7.75. The highest BCUT2D eigenvalue weighted by atomic mass is 16.2. The van der Waals surface area contributed by atoms with Gasteiger partial charge in [0.2, 0.25) is 5.91 Å². The molecule has 0 aliphatic carbocycles. The zero-order valence-electron chi connectivity index (χ0n) is 15.5. The molecule has 0 spiro atoms. The van der Waals surface area contributed by atoms with Gasteiger partial charge in [-0.25, -0.2) is 0 Å². The first-order valence-corrected chi connectivity index (χ1v) is 9.75. The summed E-state index contributed by atoms with van der Waals surface area (Å²) in [5.41, 5.74) is 3.89. The molecule has 2 aliphatic rings. The number of aromatic nitrogens is 2. The zero-order valence-corrected chi connectivity index (χ0v) is 15.5. The van der Waals surface area contributed by atoms with E-state index in [-0.39, 0.29) is 0 Å². The molecule has 2 aromatic rings. The summed E-state index contributed by atoms with van der Waals surface area (Å²) >= 11 is 0. The molecule has 4 rings (SSSR count). The van der Waals surface area contributed by atoms with Crippen LogP contribution in [0.4, 0.5) is 0 Å². The van der Waals surface area contributed by atoms with E-state index in [4.69, 9.17) is 0 Å². The molecule has 26 heavy (non-hydrogen) atoms. The normalized spacial score (nSPS) is 22.0. The standard InChI is InChI=1S/C21H28N4O/c1-16-13-22-23-21(16)18-8-11-25(12-9-18)20(26)15-24-10-7-19(14-24)17-5-3-2-4-6-17/h2-6,13,18-19H,7-12,14-15H2,1H3,(H,22,23)/t19-/m1/s1. The van der Waals surface area contributed by atoms with Gasteiger partial charge in [-0.3, -0.25) is 14.8 Å². The SMILES string of the molecule is Cc1cn[nH]c1C1CCN(C(=O)CN2CC[C@@H](c3ccccc3)C2)CC1. The minimum absolute atomic E-state index is 0.290. The first-order chi connectivity index (χ1) is 12.7. The van der Waals surface area contributed by atoms with Crippen molar-refractivity contribution in [3.05, 3.63) is 53.3 Å². The Morgan fingerprint density at radius 2 is 1.85 bits per heavy atom. The third-order valence-corrected chi connectivity index (χ3v) is 6.03. The summed E-state index contributed by atoms with van der Waals surface area (Å²) in [5, 5.41) is 7.28. The lowest BCUT2D eigenvalue weighted by molar-refractivity contribution is -0.133. The molecule has 1 aromatic carbocycles. The van der Waals surface area contributed by atoms with Crippen LogP contribution in [-0.4, -0.2) is 58.6 Å². The Hall–Kier alpha value is -2.14. The number of hydrogen-bond acceptors (Lipinski definition) is 3. The van der Waals surface area contributed by atoms with Crippen LogP contribution in [0.1, 0.15) is 47.9 Å². The topological polar surface area (TPSA) is 52.2 Å². The van der Waals surface area contributed by atoms with E-state index >= 15 is 0 Å². The van der Waals surface area contributed by atoms with E-state index in [2.05, 4.69) is 57.3 Å². The number of H-pyrrole nitrogens is 1. The molecule has 0 bridgehead atoms. The van der Waals surface area contributed by atoms with E-state index in [9.17, 15) is 4.79 Å². The highest BCUT2D eigenvalue weighted by Gasteiger charge is 2.29. The summed E-state index contributed by atoms with van der Waals surface area (Å²) in [4.78, 5) is 17.1. The van der Waals surface area contributed by atoms with Crippen molar-refractivity contribution in [3.8, 4) is 0 Å². The van der Waals surface area contributed by atoms with E-state index < -0.39 is 0 Å². The van der Waals surface area contributed by atoms with Gasteiger partial charge in [0.05, 0.1) is 12.7 Å². The van der Waals surface area contributed by atoms with Gasteiger partial charge in [0.1, 0.15) is 0 Å². The van der Waals surface area contributed by atoms with Crippen LogP contribution in [0.5, 0.6) is 0 Å². The van der Waals surface area contributed by atoms with Crippen LogP contribution < -0.4 is 0 Å². The molecule has 2 aliphatic heterocycles. The number of carbonyl (C=O) groups excluding carboxylic acids is 1. The lowest BCUT2D eigenvalue weighted by Crippen LogP contribution is -2.43. The maximum absolute atomic E-state index is 12.7. The van der Waals surface area contributed by atoms with Gasteiger partial charge in [0.25, 0.3) is 0 Å². The Balaban J connectivity index is 1.27. The quantitative estimate of drug-likeness (QED) is 0.920. The largest absolute Gasteiger partial charge is 0.342 e. The monoisotopic (exact) mass is 352 g/mol. The minimum atomic E-state index is 0.290. The molecule has 5 nitrogen and oxygen atoms in total. The van der Waals surface area contributed by atoms with Crippen LogP contribution in [0.2, 0.25) is 0 Å². The average Bonchev–Trinajstić information content (AvgIpc) is 3.32. The summed E-state index contributed by atoms with van der Waals surface area (Å²) in [5.74, 6) is 1.37. The van der Waals surface area contributed by atoms with Gasteiger partial charge in [-0.2, -0.15) is 5.10 Å². The summed E-state index contributed by atoms with van der Waals surface area (Å²) in [6.07, 6.45) is 5.10. The Bertz CT molecular complexity index is 733. The molecule has 3 heterocycles. The van der Waals surface area contributed by atoms with Crippen LogP contribution in [0, 0.1) is 6.92 Å². The van der Waals surface area contributed by atoms with Gasteiger partial charge in [-0.15, -0.1) is 0 Å². The summed E-state index contributed by atoms with van der Waals surface area (Å²) in [6, 6.07) is 10.7. The number of aromatic amines is 1. The number of piperidine rings is 1. The maximum Gasteiger partial charge on any atom is 0.236 e. The van der Waals surface area contributed by atoms with Gasteiger partial charge in [0.15, 0.2) is 0 Å². The average molecular weight is 352 g/mol. The minimum Gasteiger partial charge on any atom is -0.342 e. The van der Waals surface area contributed by atoms with Crippen molar-refractivity contribution < 1.29 is 4.79 Å². The van der Waals surface area contributed by atoms with Crippen molar-refractivity contribution >= 4 is 5.91 Å². The molecule has 1 atom stereocenters. The number of likely N-dealkylation sites (tertiary alicyclic amines) is 2. The zero-order chi connectivity index (χ0) is 17.9. The number of hydrogen-bond donors (Lipinski definition) is 1. The van der Waals surface area contributed by atoms with Crippen LogP contribution in [0.3, 0.4) is 0 Å². The third kappa shape index (κ3) is 3.68. The Kier molecular flexibility index (Phi) is 5.07. The second kappa shape index (κ2) is 7.62. The molecule has 2 fully saturated rings. The highest BCUT2D eigenvalue weighted by molar-refractivity contribution is 5.78. The van der Waals surface area contributed by atoms with Crippen molar-refractivity contribution in [1.82, 2.24) is 20.0 Å². The number of amides is 1. The Morgan fingerprint density at radius 1 is 1.12 bits per heavy atom. The Labute approximate surface area is 155 Å². The van der Waals surface area contributed by atoms with Crippen LogP contribution >= 0.6 is 0 Å². The molecule has 1 aromatic heterocycles. The fourth-order valence-corrected chi connectivity index (χ4v) is 4.45. The number of carbonyl (C=O) groups is 1. The molecule has 1 amide bonds. The van der Waals surface area contributed by atoms with Gasteiger partial charge in [-0.1, -0.05) is 30.3 Å². The van der Waals surface area contributed by atoms with Gasteiger partial charge in [-0.05, 0) is 49.8 Å². The summed E-state index contributed by atoms with van der Waals surface area (Å²) in [6.45, 7) is 6.41. The second-order valence-electron chi connectivity index (χ2n) is 7.75. The lowest BCUT2D eigenvalue weighted by Gasteiger charge is -2.33. The number of rotatable bonds is 4. The third-order valence-electron chi connectivity index (χ3n) is 6.03. The number of aryl methyl sites for hydroxylation is 1. The predicted molar refractivity (Wildman–Crippen MR) is 102 cm³/mol. The molecular formula is C21H28N4O. The van der Waals surface area contributed by atoms with Crippen LogP contribution in [0.15, 0.2) is 36.5 Å². The van der Waals surface area contributed by atoms with E-state index in [0.29, 0.717) is 24.3 Å². The number of nitrogens with zero attached hydrogens (tertiary/aromatic N) is 3. The molecule has 0 radical (unpaired) electrons. The first-order valence-electron chi connectivity index (χ1n) is 9.75. The van der Waals surface area contributed by atoms with E-state index in [1.54, 1.807) is 0 Å². The summed E-state index contributed by atoms with van der Waals surface area (Å²) < 4.78 is 0. The molecule has 5 heteroatoms. The van der Waals surface area contributed by atoms with Crippen molar-refractivity contribution in [3.63, 3.8) is 0 Å². The van der Waals surface area contributed by atoms with Crippen molar-refractivity contribution in [2.75, 3.05) is 32.7 Å². The molecule has 0 saturated carbocycles. The lowest BCUT2D eigenvalue weighted by atomic mass is 9.91. The smallest absolute Gasteiger partial charge is 0.236 e. The van der Waals surface area contributed by atoms with E-state index in [1.807, 2.05) is 6.20 Å². The fraction of sp³-hybridized carbons (Fsp3) is 0.524. The maximum atomic E-state index is 12.7. The van der Waals surface area contributed by atoms with E-state index in [1.165, 1.54) is 16.8 Å². The van der Waals surface area contributed by atoms with Crippen molar-refractivity contribution in [2.24, 2.45) is 0 Å².